The minimum absolute atomic E-state index is 0.711. The summed E-state index contributed by atoms with van der Waals surface area (Å²) in [5.74, 6) is 2.93. The van der Waals surface area contributed by atoms with Crippen LogP contribution in [-0.2, 0) is 0 Å². The quantitative estimate of drug-likeness (QED) is 0.523. The molecule has 0 N–H and O–H groups in total. The molecule has 0 heteroatoms. The van der Waals surface area contributed by atoms with Gasteiger partial charge in [-0.2, -0.15) is 0 Å². The first-order valence-electron chi connectivity index (χ1n) is 7.50. The van der Waals surface area contributed by atoms with Crippen molar-refractivity contribution in [1.82, 2.24) is 0 Å². The molecule has 0 aromatic heterocycles. The lowest BCUT2D eigenvalue weighted by Crippen LogP contribution is -2.34. The van der Waals surface area contributed by atoms with Gasteiger partial charge in [0.05, 0.1) is 0 Å². The molecule has 96 valence electrons. The van der Waals surface area contributed by atoms with Gasteiger partial charge in [0.2, 0.25) is 0 Å². The molecule has 0 radical (unpaired) electrons. The Hall–Kier alpha value is 0. The average molecular weight is 224 g/mol. The number of hydrogen-bond donors (Lipinski definition) is 0. The normalized spacial score (nSPS) is 33.2. The van der Waals surface area contributed by atoms with E-state index in [1.54, 1.807) is 0 Å². The molecule has 1 aliphatic rings. The Bertz CT molecular complexity index is 188. The smallest absolute Gasteiger partial charge is 0.0323 e. The van der Waals surface area contributed by atoms with E-state index in [4.69, 9.17) is 0 Å². The third kappa shape index (κ3) is 3.79. The summed E-state index contributed by atoms with van der Waals surface area (Å²) in [5, 5.41) is 0. The van der Waals surface area contributed by atoms with Crippen LogP contribution in [0.3, 0.4) is 0 Å². The van der Waals surface area contributed by atoms with Gasteiger partial charge in [0, 0.05) is 0 Å². The predicted octanol–water partition coefficient (Wildman–Crippen LogP) is 5.67. The highest BCUT2D eigenvalue weighted by molar-refractivity contribution is 4.89. The second-order valence-corrected chi connectivity index (χ2v) is 6.76. The molecule has 0 heterocycles. The van der Waals surface area contributed by atoms with Gasteiger partial charge in [0.25, 0.3) is 0 Å². The van der Waals surface area contributed by atoms with Crippen LogP contribution in [0, 0.1) is 23.2 Å². The summed E-state index contributed by atoms with van der Waals surface area (Å²) in [6.07, 6.45) is 10.1. The summed E-state index contributed by atoms with van der Waals surface area (Å²) in [6.45, 7) is 12.0. The first-order valence-corrected chi connectivity index (χ1v) is 7.50. The predicted molar refractivity (Wildman–Crippen MR) is 73.6 cm³/mol. The lowest BCUT2D eigenvalue weighted by molar-refractivity contribution is 0.0588. The minimum atomic E-state index is 0.711. The van der Waals surface area contributed by atoms with Gasteiger partial charge in [-0.3, -0.25) is 0 Å². The Labute approximate surface area is 103 Å². The highest BCUT2D eigenvalue weighted by Crippen LogP contribution is 2.49. The Balaban J connectivity index is 2.12. The lowest BCUT2D eigenvalue weighted by atomic mass is 9.60. The Morgan fingerprint density at radius 3 is 2.12 bits per heavy atom. The third-order valence-corrected chi connectivity index (χ3v) is 5.16. The molecule has 16 heavy (non-hydrogen) atoms. The summed E-state index contributed by atoms with van der Waals surface area (Å²) in [5.41, 5.74) is 0.711. The fourth-order valence-corrected chi connectivity index (χ4v) is 3.35. The molecule has 0 aromatic carbocycles. The van der Waals surface area contributed by atoms with E-state index in [-0.39, 0.29) is 0 Å². The monoisotopic (exact) mass is 224 g/mol. The van der Waals surface area contributed by atoms with Gasteiger partial charge in [0.1, 0.15) is 0 Å². The molecule has 1 rings (SSSR count). The maximum atomic E-state index is 2.46. The minimum Gasteiger partial charge on any atom is -0.0654 e. The van der Waals surface area contributed by atoms with E-state index >= 15 is 0 Å². The van der Waals surface area contributed by atoms with E-state index < -0.39 is 0 Å². The van der Waals surface area contributed by atoms with Gasteiger partial charge in [-0.05, 0) is 36.0 Å². The van der Waals surface area contributed by atoms with Crippen LogP contribution in [0.15, 0.2) is 0 Å². The van der Waals surface area contributed by atoms with Crippen molar-refractivity contribution in [3.05, 3.63) is 0 Å². The van der Waals surface area contributed by atoms with Gasteiger partial charge in [-0.15, -0.1) is 0 Å². The maximum Gasteiger partial charge on any atom is -0.0323 e. The van der Waals surface area contributed by atoms with Crippen LogP contribution < -0.4 is 0 Å². The topological polar surface area (TPSA) is 0 Å². The van der Waals surface area contributed by atoms with E-state index in [9.17, 15) is 0 Å². The fourth-order valence-electron chi connectivity index (χ4n) is 3.35. The summed E-state index contributed by atoms with van der Waals surface area (Å²) in [7, 11) is 0. The zero-order valence-electron chi connectivity index (χ0n) is 12.2. The summed E-state index contributed by atoms with van der Waals surface area (Å²) in [6, 6.07) is 0. The summed E-state index contributed by atoms with van der Waals surface area (Å²) < 4.78 is 0. The van der Waals surface area contributed by atoms with Crippen molar-refractivity contribution in [1.29, 1.82) is 0 Å². The number of rotatable bonds is 7. The molecule has 0 bridgehead atoms. The summed E-state index contributed by atoms with van der Waals surface area (Å²) in [4.78, 5) is 0. The van der Waals surface area contributed by atoms with E-state index in [0.717, 1.165) is 17.8 Å². The highest BCUT2D eigenvalue weighted by Gasteiger charge is 2.38. The van der Waals surface area contributed by atoms with Crippen LogP contribution in [0.1, 0.15) is 79.6 Å². The lowest BCUT2D eigenvalue weighted by Gasteiger charge is -2.45. The average Bonchev–Trinajstić information content (AvgIpc) is 2.22. The number of hydrogen-bond acceptors (Lipinski definition) is 0. The van der Waals surface area contributed by atoms with Crippen molar-refractivity contribution in [2.24, 2.45) is 23.2 Å². The molecule has 2 unspecified atom stereocenters. The van der Waals surface area contributed by atoms with E-state index in [2.05, 4.69) is 34.6 Å². The third-order valence-electron chi connectivity index (χ3n) is 5.16. The first kappa shape index (κ1) is 14.1. The highest BCUT2D eigenvalue weighted by atomic mass is 14.4. The largest absolute Gasteiger partial charge is 0.0654 e. The van der Waals surface area contributed by atoms with Crippen LogP contribution in [0.25, 0.3) is 0 Å². The van der Waals surface area contributed by atoms with Crippen LogP contribution in [-0.4, -0.2) is 0 Å². The van der Waals surface area contributed by atoms with Gasteiger partial charge >= 0.3 is 0 Å². The van der Waals surface area contributed by atoms with Gasteiger partial charge < -0.3 is 0 Å². The molecule has 0 amide bonds. The van der Waals surface area contributed by atoms with Crippen molar-refractivity contribution in [2.45, 2.75) is 79.6 Å². The van der Waals surface area contributed by atoms with Gasteiger partial charge in [-0.1, -0.05) is 66.7 Å². The fraction of sp³-hybridized carbons (Fsp3) is 1.00. The molecule has 1 saturated carbocycles. The Morgan fingerprint density at radius 2 is 1.62 bits per heavy atom. The molecule has 1 fully saturated rings. The Morgan fingerprint density at radius 1 is 1.06 bits per heavy atom. The second kappa shape index (κ2) is 6.07. The molecule has 0 nitrogen and oxygen atoms in total. The molecular weight excluding hydrogens is 192 g/mol. The second-order valence-electron chi connectivity index (χ2n) is 6.76. The Kier molecular flexibility index (Phi) is 5.34. The van der Waals surface area contributed by atoms with Crippen LogP contribution in [0.2, 0.25) is 0 Å². The SMILES string of the molecule is CCCC(C)C(C)CCC1CC(C)(CC)C1. The van der Waals surface area contributed by atoms with Crippen molar-refractivity contribution in [3.63, 3.8) is 0 Å². The molecular formula is C16H32. The van der Waals surface area contributed by atoms with E-state index in [0.29, 0.717) is 5.41 Å². The molecule has 0 spiro atoms. The van der Waals surface area contributed by atoms with Crippen molar-refractivity contribution < 1.29 is 0 Å². The summed E-state index contributed by atoms with van der Waals surface area (Å²) >= 11 is 0. The zero-order chi connectivity index (χ0) is 12.2. The molecule has 2 atom stereocenters. The van der Waals surface area contributed by atoms with Gasteiger partial charge in [0.15, 0.2) is 0 Å². The van der Waals surface area contributed by atoms with Crippen molar-refractivity contribution in [3.8, 4) is 0 Å². The van der Waals surface area contributed by atoms with Crippen molar-refractivity contribution in [2.75, 3.05) is 0 Å². The van der Waals surface area contributed by atoms with Crippen molar-refractivity contribution >= 4 is 0 Å². The van der Waals surface area contributed by atoms with Crippen LogP contribution in [0.5, 0.6) is 0 Å². The van der Waals surface area contributed by atoms with E-state index in [1.807, 2.05) is 0 Å². The molecule has 0 aromatic rings. The van der Waals surface area contributed by atoms with Crippen LogP contribution in [0.4, 0.5) is 0 Å². The zero-order valence-corrected chi connectivity index (χ0v) is 12.2. The first-order chi connectivity index (χ1) is 7.50. The standard InChI is InChI=1S/C16H32/c1-6-8-13(3)14(4)9-10-15-11-16(5,7-2)12-15/h13-15H,6-12H2,1-5H3. The molecule has 0 saturated heterocycles. The van der Waals surface area contributed by atoms with Gasteiger partial charge in [-0.25, -0.2) is 0 Å². The molecule has 0 aliphatic heterocycles. The van der Waals surface area contributed by atoms with E-state index in [1.165, 1.54) is 44.9 Å². The maximum absolute atomic E-state index is 2.46. The van der Waals surface area contributed by atoms with Crippen LogP contribution >= 0.6 is 0 Å². The molecule has 1 aliphatic carbocycles.